The van der Waals surface area contributed by atoms with Crippen molar-refractivity contribution in [3.8, 4) is 17.7 Å². The monoisotopic (exact) mass is 396 g/mol. The molecule has 2 unspecified atom stereocenters. The van der Waals surface area contributed by atoms with E-state index in [0.717, 1.165) is 11.1 Å². The lowest BCUT2D eigenvalue weighted by Gasteiger charge is -2.16. The molecule has 0 aliphatic carbocycles. The molecule has 0 bridgehead atoms. The molecule has 1 aromatic carbocycles. The first-order chi connectivity index (χ1) is 13.7. The third-order valence-electron chi connectivity index (χ3n) is 4.89. The van der Waals surface area contributed by atoms with Crippen molar-refractivity contribution >= 4 is 22.6 Å². The summed E-state index contributed by atoms with van der Waals surface area (Å²) in [5.41, 5.74) is 2.87. The maximum Gasteiger partial charge on any atom is 0.193 e. The Morgan fingerprint density at radius 3 is 2.79 bits per heavy atom. The third kappa shape index (κ3) is 3.23. The molecule has 6 nitrogen and oxygen atoms in total. The summed E-state index contributed by atoms with van der Waals surface area (Å²) in [6.45, 7) is 0.631. The van der Waals surface area contributed by atoms with Gasteiger partial charge >= 0.3 is 0 Å². The fourth-order valence-corrected chi connectivity index (χ4v) is 3.72. The van der Waals surface area contributed by atoms with Gasteiger partial charge < -0.3 is 24.3 Å². The highest BCUT2D eigenvalue weighted by atomic mass is 35.5. The summed E-state index contributed by atoms with van der Waals surface area (Å²) in [5, 5.41) is 10.3. The van der Waals surface area contributed by atoms with Gasteiger partial charge in [-0.25, -0.2) is 4.98 Å². The number of ether oxygens (including phenoxy) is 3. The maximum absolute atomic E-state index is 9.84. The molecule has 0 radical (unpaired) electrons. The quantitative estimate of drug-likeness (QED) is 0.651. The normalized spacial score (nSPS) is 26.1. The van der Waals surface area contributed by atoms with Crippen LogP contribution in [0.25, 0.3) is 11.0 Å². The molecule has 2 saturated heterocycles. The van der Waals surface area contributed by atoms with Crippen LogP contribution >= 0.6 is 11.6 Å². The average Bonchev–Trinajstić information content (AvgIpc) is 3.38. The zero-order chi connectivity index (χ0) is 19.1. The summed E-state index contributed by atoms with van der Waals surface area (Å²) >= 11 is 6.34. The van der Waals surface area contributed by atoms with Gasteiger partial charge in [-0.3, -0.25) is 0 Å². The van der Waals surface area contributed by atoms with E-state index >= 15 is 0 Å². The number of nitrogens with one attached hydrogen (secondary N) is 1. The van der Waals surface area contributed by atoms with E-state index in [1.807, 2.05) is 30.3 Å². The van der Waals surface area contributed by atoms with Crippen LogP contribution in [0.1, 0.15) is 11.3 Å². The number of fused-ring (bicyclic) bond motifs is 2. The summed E-state index contributed by atoms with van der Waals surface area (Å²) in [7, 11) is 0. The van der Waals surface area contributed by atoms with E-state index in [1.165, 1.54) is 0 Å². The lowest BCUT2D eigenvalue weighted by atomic mass is 10.1. The number of aromatic nitrogens is 2. The van der Waals surface area contributed by atoms with Gasteiger partial charge in [0.2, 0.25) is 0 Å². The van der Waals surface area contributed by atoms with Gasteiger partial charge in [0.1, 0.15) is 24.0 Å². The van der Waals surface area contributed by atoms with Gasteiger partial charge in [0.15, 0.2) is 12.0 Å². The third-order valence-corrected chi connectivity index (χ3v) is 5.18. The summed E-state index contributed by atoms with van der Waals surface area (Å²) in [5.74, 6) is 6.64. The van der Waals surface area contributed by atoms with Crippen LogP contribution in [-0.4, -0.2) is 52.7 Å². The highest BCUT2D eigenvalue weighted by molar-refractivity contribution is 6.32. The molecule has 142 valence electrons. The molecule has 0 spiro atoms. The van der Waals surface area contributed by atoms with E-state index in [-0.39, 0.29) is 24.9 Å². The number of hydrogen-bond donors (Lipinski definition) is 2. The number of pyridine rings is 1. The highest BCUT2D eigenvalue weighted by Crippen LogP contribution is 2.31. The molecule has 2 aliphatic rings. The number of H-pyrrole nitrogens is 1. The number of rotatable bonds is 2. The number of aliphatic hydroxyl groups excluding tert-OH is 1. The fraction of sp³-hybridized carbons (Fsp3) is 0.286. The molecule has 0 saturated carbocycles. The number of aromatic amines is 1. The van der Waals surface area contributed by atoms with Crippen molar-refractivity contribution in [1.29, 1.82) is 0 Å². The SMILES string of the molecule is O[C@@H]1COC2C1OC[C@H]2Oc1cc2nc(C#Cc3ccccc3)c(Cl)cc2[nH]1. The zero-order valence-corrected chi connectivity index (χ0v) is 15.5. The maximum atomic E-state index is 9.84. The van der Waals surface area contributed by atoms with Gasteiger partial charge in [0, 0.05) is 11.6 Å². The van der Waals surface area contributed by atoms with Crippen LogP contribution in [0.15, 0.2) is 42.5 Å². The Balaban J connectivity index is 1.39. The van der Waals surface area contributed by atoms with E-state index < -0.39 is 6.10 Å². The second-order valence-electron chi connectivity index (χ2n) is 6.82. The van der Waals surface area contributed by atoms with Crippen LogP contribution < -0.4 is 4.74 Å². The minimum absolute atomic E-state index is 0.266. The summed E-state index contributed by atoms with van der Waals surface area (Å²) in [4.78, 5) is 7.71. The van der Waals surface area contributed by atoms with Gasteiger partial charge in [-0.05, 0) is 24.1 Å². The second kappa shape index (κ2) is 7.12. The van der Waals surface area contributed by atoms with Crippen molar-refractivity contribution in [3.05, 3.63) is 58.7 Å². The van der Waals surface area contributed by atoms with Crippen molar-refractivity contribution in [3.63, 3.8) is 0 Å². The van der Waals surface area contributed by atoms with Gasteiger partial charge in [0.25, 0.3) is 0 Å². The molecule has 2 N–H and O–H groups in total. The van der Waals surface area contributed by atoms with Crippen LogP contribution in [-0.2, 0) is 9.47 Å². The van der Waals surface area contributed by atoms with E-state index in [9.17, 15) is 5.11 Å². The molecular weight excluding hydrogens is 380 g/mol. The van der Waals surface area contributed by atoms with Crippen molar-refractivity contribution in [2.75, 3.05) is 13.2 Å². The Morgan fingerprint density at radius 2 is 1.93 bits per heavy atom. The molecule has 28 heavy (non-hydrogen) atoms. The van der Waals surface area contributed by atoms with Gasteiger partial charge in [-0.1, -0.05) is 35.7 Å². The van der Waals surface area contributed by atoms with Crippen LogP contribution in [0.2, 0.25) is 5.02 Å². The lowest BCUT2D eigenvalue weighted by Crippen LogP contribution is -2.34. The topological polar surface area (TPSA) is 76.6 Å². The Kier molecular flexibility index (Phi) is 4.46. The van der Waals surface area contributed by atoms with Gasteiger partial charge in [-0.15, -0.1) is 0 Å². The molecule has 5 rings (SSSR count). The number of hydrogen-bond acceptors (Lipinski definition) is 5. The minimum Gasteiger partial charge on any atom is -0.470 e. The lowest BCUT2D eigenvalue weighted by molar-refractivity contribution is 0.00794. The van der Waals surface area contributed by atoms with Crippen LogP contribution in [0.3, 0.4) is 0 Å². The Labute approximate surface area is 166 Å². The van der Waals surface area contributed by atoms with E-state index in [4.69, 9.17) is 25.8 Å². The molecular formula is C21H17ClN2O4. The van der Waals surface area contributed by atoms with Crippen LogP contribution in [0.5, 0.6) is 5.88 Å². The van der Waals surface area contributed by atoms with Crippen molar-refractivity contribution in [1.82, 2.24) is 9.97 Å². The first-order valence-corrected chi connectivity index (χ1v) is 9.39. The molecule has 7 heteroatoms. The summed E-state index contributed by atoms with van der Waals surface area (Å²) < 4.78 is 17.2. The van der Waals surface area contributed by atoms with E-state index in [0.29, 0.717) is 28.7 Å². The van der Waals surface area contributed by atoms with Gasteiger partial charge in [0.05, 0.1) is 29.3 Å². The highest BCUT2D eigenvalue weighted by Gasteiger charge is 2.48. The van der Waals surface area contributed by atoms with Crippen LogP contribution in [0, 0.1) is 11.8 Å². The smallest absolute Gasteiger partial charge is 0.193 e. The standard InChI is InChI=1S/C21H17ClN2O4/c22-13-8-15-16(23-14(13)7-6-12-4-2-1-3-5-12)9-19(24-15)28-18-11-27-20-17(25)10-26-21(18)20/h1-5,8-9,17-18,20-21,24-25H,10-11H2/t17-,18-,20?,21?/m1/s1. The van der Waals surface area contributed by atoms with E-state index in [2.05, 4.69) is 21.8 Å². The number of nitrogens with zero attached hydrogens (tertiary/aromatic N) is 1. The predicted molar refractivity (Wildman–Crippen MR) is 103 cm³/mol. The van der Waals surface area contributed by atoms with E-state index in [1.54, 1.807) is 12.1 Å². The second-order valence-corrected chi connectivity index (χ2v) is 7.23. The summed E-state index contributed by atoms with van der Waals surface area (Å²) in [6.07, 6.45) is -1.50. The first-order valence-electron chi connectivity index (χ1n) is 9.01. The Hall–Kier alpha value is -2.56. The van der Waals surface area contributed by atoms with Crippen molar-refractivity contribution in [2.45, 2.75) is 24.4 Å². The van der Waals surface area contributed by atoms with Crippen molar-refractivity contribution < 1.29 is 19.3 Å². The van der Waals surface area contributed by atoms with Crippen molar-refractivity contribution in [2.24, 2.45) is 0 Å². The molecule has 2 aliphatic heterocycles. The largest absolute Gasteiger partial charge is 0.470 e. The number of benzene rings is 1. The summed E-state index contributed by atoms with van der Waals surface area (Å²) in [6, 6.07) is 13.3. The molecule has 4 atom stereocenters. The number of halogens is 1. The fourth-order valence-electron chi connectivity index (χ4n) is 3.52. The molecule has 0 amide bonds. The predicted octanol–water partition coefficient (Wildman–Crippen LogP) is 2.52. The zero-order valence-electron chi connectivity index (χ0n) is 14.8. The molecule has 2 fully saturated rings. The first kappa shape index (κ1) is 17.5. The molecule has 2 aromatic heterocycles. The minimum atomic E-state index is -0.604. The average molecular weight is 397 g/mol. The molecule has 3 aromatic rings. The molecule has 4 heterocycles. The number of aliphatic hydroxyl groups is 1. The van der Waals surface area contributed by atoms with Crippen LogP contribution in [0.4, 0.5) is 0 Å². The Morgan fingerprint density at radius 1 is 1.11 bits per heavy atom. The van der Waals surface area contributed by atoms with Gasteiger partial charge in [-0.2, -0.15) is 0 Å². The Bertz CT molecular complexity index is 1070.